The van der Waals surface area contributed by atoms with Gasteiger partial charge in [-0.1, -0.05) is 12.1 Å². The average Bonchev–Trinajstić information content (AvgIpc) is 2.14. The van der Waals surface area contributed by atoms with Crippen LogP contribution in [0.5, 0.6) is 0 Å². The molecule has 0 unspecified atom stereocenters. The van der Waals surface area contributed by atoms with Gasteiger partial charge in [-0.15, -0.1) is 0 Å². The first kappa shape index (κ1) is 10.3. The minimum absolute atomic E-state index is 0.199. The standard InChI is InChI=1S/C6H5NO.C2H4O2/c8-6-4-2-1-3-5-7-6;1-2(3)4/h1-5H;1H3,(H,3,4). The van der Waals surface area contributed by atoms with Crippen LogP contribution in [0.25, 0.3) is 0 Å². The zero-order valence-corrected chi connectivity index (χ0v) is 6.60. The Balaban J connectivity index is 0.000000261. The molecule has 0 spiro atoms. The van der Waals surface area contributed by atoms with E-state index in [0.29, 0.717) is 0 Å². The maximum absolute atomic E-state index is 10.4. The number of hydrogen-bond donors (Lipinski definition) is 1. The van der Waals surface area contributed by atoms with Gasteiger partial charge in [0.15, 0.2) is 0 Å². The predicted molar refractivity (Wildman–Crippen MR) is 43.8 cm³/mol. The molecule has 1 aromatic heterocycles. The number of hydrogen-bond acceptors (Lipinski definition) is 3. The van der Waals surface area contributed by atoms with Gasteiger partial charge in [-0.2, -0.15) is 0 Å². The number of carboxylic acid groups (broad SMARTS) is 1. The topological polar surface area (TPSA) is 67.3 Å². The Morgan fingerprint density at radius 2 is 2.00 bits per heavy atom. The summed E-state index contributed by atoms with van der Waals surface area (Å²) in [6, 6.07) is 6.55. The molecule has 0 aromatic carbocycles. The zero-order chi connectivity index (χ0) is 9.40. The van der Waals surface area contributed by atoms with E-state index in [0.717, 1.165) is 6.92 Å². The molecule has 0 radical (unpaired) electrons. The molecule has 12 heavy (non-hydrogen) atoms. The van der Waals surface area contributed by atoms with Crippen LogP contribution in [-0.4, -0.2) is 16.1 Å². The SMILES string of the molecule is CC(=O)O.O=c1cccccn1. The molecule has 0 fully saturated rings. The smallest absolute Gasteiger partial charge is 0.300 e. The molecule has 4 nitrogen and oxygen atoms in total. The van der Waals surface area contributed by atoms with E-state index < -0.39 is 5.97 Å². The second-order valence-corrected chi connectivity index (χ2v) is 1.88. The summed E-state index contributed by atoms with van der Waals surface area (Å²) in [6.07, 6.45) is 1.47. The number of rotatable bonds is 0. The van der Waals surface area contributed by atoms with Gasteiger partial charge in [0.05, 0.1) is 0 Å². The molecule has 0 aliphatic heterocycles. The number of carbonyl (C=O) groups is 1. The van der Waals surface area contributed by atoms with E-state index in [2.05, 4.69) is 4.98 Å². The first-order chi connectivity index (χ1) is 5.63. The Morgan fingerprint density at radius 3 is 2.58 bits per heavy atom. The van der Waals surface area contributed by atoms with Gasteiger partial charge >= 0.3 is 0 Å². The number of nitrogens with zero attached hydrogens (tertiary/aromatic N) is 1. The Hall–Kier alpha value is -1.71. The first-order valence-corrected chi connectivity index (χ1v) is 3.24. The summed E-state index contributed by atoms with van der Waals surface area (Å²) in [5.74, 6) is -0.833. The molecule has 1 N–H and O–H groups in total. The monoisotopic (exact) mass is 167 g/mol. The molecule has 64 valence electrons. The third-order valence-electron chi connectivity index (χ3n) is 0.749. The Bertz CT molecular complexity index is 272. The first-order valence-electron chi connectivity index (χ1n) is 3.24. The third-order valence-corrected chi connectivity index (χ3v) is 0.749. The average molecular weight is 167 g/mol. The second kappa shape index (κ2) is 6.03. The van der Waals surface area contributed by atoms with Crippen molar-refractivity contribution in [2.45, 2.75) is 6.92 Å². The summed E-state index contributed by atoms with van der Waals surface area (Å²) >= 11 is 0. The summed E-state index contributed by atoms with van der Waals surface area (Å²) in [5.41, 5.74) is -0.199. The van der Waals surface area contributed by atoms with Crippen LogP contribution in [0.3, 0.4) is 0 Å². The molecule has 0 bridgehead atoms. The maximum atomic E-state index is 10.4. The van der Waals surface area contributed by atoms with Gasteiger partial charge in [0.25, 0.3) is 11.5 Å². The van der Waals surface area contributed by atoms with E-state index in [9.17, 15) is 4.79 Å². The normalized spacial score (nSPS) is 7.75. The van der Waals surface area contributed by atoms with Gasteiger partial charge in [-0.05, 0) is 6.07 Å². The quantitative estimate of drug-likeness (QED) is 0.612. The van der Waals surface area contributed by atoms with Crippen LogP contribution >= 0.6 is 0 Å². The summed E-state index contributed by atoms with van der Waals surface area (Å²) in [6.45, 7) is 1.08. The van der Waals surface area contributed by atoms with Crippen molar-refractivity contribution in [2.24, 2.45) is 0 Å². The van der Waals surface area contributed by atoms with Gasteiger partial charge < -0.3 is 5.11 Å². The number of aromatic nitrogens is 1. The van der Waals surface area contributed by atoms with Crippen molar-refractivity contribution in [3.63, 3.8) is 0 Å². The Morgan fingerprint density at radius 1 is 1.42 bits per heavy atom. The van der Waals surface area contributed by atoms with Crippen LogP contribution in [0.1, 0.15) is 6.92 Å². The van der Waals surface area contributed by atoms with Crippen LogP contribution in [0, 0.1) is 0 Å². The van der Waals surface area contributed by atoms with Crippen molar-refractivity contribution in [1.29, 1.82) is 0 Å². The second-order valence-electron chi connectivity index (χ2n) is 1.88. The van der Waals surface area contributed by atoms with Crippen molar-refractivity contribution >= 4 is 5.97 Å². The number of carboxylic acids is 1. The summed E-state index contributed by atoms with van der Waals surface area (Å²) in [5, 5.41) is 7.42. The van der Waals surface area contributed by atoms with Gasteiger partial charge in [-0.3, -0.25) is 9.59 Å². The fourth-order valence-electron chi connectivity index (χ4n) is 0.411. The van der Waals surface area contributed by atoms with Crippen molar-refractivity contribution in [1.82, 2.24) is 4.98 Å². The Kier molecular flexibility index (Phi) is 5.17. The van der Waals surface area contributed by atoms with E-state index in [1.165, 1.54) is 12.3 Å². The van der Waals surface area contributed by atoms with Crippen molar-refractivity contribution < 1.29 is 9.90 Å². The lowest BCUT2D eigenvalue weighted by Crippen LogP contribution is -1.95. The van der Waals surface area contributed by atoms with Crippen LogP contribution in [-0.2, 0) is 4.79 Å². The Labute approximate surface area is 69.5 Å². The fraction of sp³-hybridized carbons (Fsp3) is 0.125. The van der Waals surface area contributed by atoms with Gasteiger partial charge in [0, 0.05) is 19.2 Å². The molecule has 1 aromatic rings. The molecule has 0 saturated heterocycles. The van der Waals surface area contributed by atoms with E-state index in [4.69, 9.17) is 9.90 Å². The van der Waals surface area contributed by atoms with E-state index in [1.54, 1.807) is 18.2 Å². The highest BCUT2D eigenvalue weighted by Gasteiger charge is 1.70. The highest BCUT2D eigenvalue weighted by molar-refractivity contribution is 5.62. The number of aliphatic carboxylic acids is 1. The summed E-state index contributed by atoms with van der Waals surface area (Å²) in [4.78, 5) is 22.8. The molecule has 1 heterocycles. The predicted octanol–water partition coefficient (Wildman–Crippen LogP) is 0.533. The minimum Gasteiger partial charge on any atom is -0.481 e. The molecule has 0 aliphatic carbocycles. The molecule has 1 rings (SSSR count). The van der Waals surface area contributed by atoms with Crippen molar-refractivity contribution in [2.75, 3.05) is 0 Å². The van der Waals surface area contributed by atoms with Crippen LogP contribution in [0.2, 0.25) is 0 Å². The molecule has 0 saturated carbocycles. The lowest BCUT2D eigenvalue weighted by atomic mass is 10.5. The molecule has 0 atom stereocenters. The van der Waals surface area contributed by atoms with Crippen LogP contribution in [0.15, 0.2) is 35.3 Å². The molecule has 0 amide bonds. The van der Waals surface area contributed by atoms with Gasteiger partial charge in [-0.25, -0.2) is 4.98 Å². The zero-order valence-electron chi connectivity index (χ0n) is 6.60. The highest BCUT2D eigenvalue weighted by Crippen LogP contribution is 1.69. The van der Waals surface area contributed by atoms with E-state index in [1.807, 2.05) is 0 Å². The summed E-state index contributed by atoms with van der Waals surface area (Å²) in [7, 11) is 0. The highest BCUT2D eigenvalue weighted by atomic mass is 16.4. The molecular weight excluding hydrogens is 158 g/mol. The lowest BCUT2D eigenvalue weighted by molar-refractivity contribution is -0.134. The van der Waals surface area contributed by atoms with Crippen LogP contribution < -0.4 is 5.56 Å². The van der Waals surface area contributed by atoms with Crippen LogP contribution in [0.4, 0.5) is 0 Å². The van der Waals surface area contributed by atoms with Crippen molar-refractivity contribution in [3.05, 3.63) is 40.8 Å². The maximum Gasteiger partial charge on any atom is 0.300 e. The molecular formula is C8H9NO3. The van der Waals surface area contributed by atoms with Gasteiger partial charge in [0.2, 0.25) is 0 Å². The van der Waals surface area contributed by atoms with E-state index in [-0.39, 0.29) is 5.56 Å². The molecule has 0 aliphatic rings. The summed E-state index contributed by atoms with van der Waals surface area (Å²) < 4.78 is 0. The van der Waals surface area contributed by atoms with E-state index >= 15 is 0 Å². The third kappa shape index (κ3) is 8.29. The fourth-order valence-corrected chi connectivity index (χ4v) is 0.411. The minimum atomic E-state index is -0.833. The largest absolute Gasteiger partial charge is 0.481 e. The van der Waals surface area contributed by atoms with Crippen molar-refractivity contribution in [3.8, 4) is 0 Å². The molecule has 4 heteroatoms. The van der Waals surface area contributed by atoms with Gasteiger partial charge in [0.1, 0.15) is 0 Å². The lowest BCUT2D eigenvalue weighted by Gasteiger charge is -1.59.